The van der Waals surface area contributed by atoms with E-state index in [0.717, 1.165) is 5.76 Å². The molecule has 0 aliphatic rings. The van der Waals surface area contributed by atoms with Gasteiger partial charge in [0.15, 0.2) is 0 Å². The van der Waals surface area contributed by atoms with Crippen LogP contribution in [0.1, 0.15) is 34.2 Å². The first-order chi connectivity index (χ1) is 8.70. The number of methoxy groups -OCH3 is 1. The fourth-order valence-corrected chi connectivity index (χ4v) is 2.33. The first-order valence-electron chi connectivity index (χ1n) is 5.64. The van der Waals surface area contributed by atoms with E-state index in [-0.39, 0.29) is 11.8 Å². The summed E-state index contributed by atoms with van der Waals surface area (Å²) in [4.78, 5) is 12.5. The lowest BCUT2D eigenvalue weighted by atomic mass is 10.2. The van der Waals surface area contributed by atoms with Crippen LogP contribution in [-0.4, -0.2) is 13.1 Å². The SMILES string of the molecule is COC(=O)c1ccc(CN[C@H](C)c2cccs2)o1. The number of hydrogen-bond acceptors (Lipinski definition) is 5. The lowest BCUT2D eigenvalue weighted by Gasteiger charge is -2.10. The normalized spacial score (nSPS) is 12.3. The van der Waals surface area contributed by atoms with Crippen molar-refractivity contribution in [3.8, 4) is 0 Å². The molecule has 0 saturated heterocycles. The minimum Gasteiger partial charge on any atom is -0.463 e. The molecule has 96 valence electrons. The number of carbonyl (C=O) groups excluding carboxylic acids is 1. The number of furan rings is 1. The third-order valence-electron chi connectivity index (χ3n) is 2.60. The molecule has 4 nitrogen and oxygen atoms in total. The van der Waals surface area contributed by atoms with E-state index in [0.29, 0.717) is 6.54 Å². The third-order valence-corrected chi connectivity index (χ3v) is 3.66. The van der Waals surface area contributed by atoms with Gasteiger partial charge in [-0.15, -0.1) is 11.3 Å². The summed E-state index contributed by atoms with van der Waals surface area (Å²) in [5.41, 5.74) is 0. The fraction of sp³-hybridized carbons (Fsp3) is 0.308. The summed E-state index contributed by atoms with van der Waals surface area (Å²) in [6.45, 7) is 2.67. The van der Waals surface area contributed by atoms with Crippen molar-refractivity contribution in [2.45, 2.75) is 19.5 Å². The van der Waals surface area contributed by atoms with Gasteiger partial charge in [0.1, 0.15) is 5.76 Å². The van der Waals surface area contributed by atoms with E-state index in [1.165, 1.54) is 12.0 Å². The highest BCUT2D eigenvalue weighted by Gasteiger charge is 2.12. The zero-order valence-corrected chi connectivity index (χ0v) is 11.1. The maximum atomic E-state index is 11.2. The lowest BCUT2D eigenvalue weighted by molar-refractivity contribution is 0.0563. The highest BCUT2D eigenvalue weighted by molar-refractivity contribution is 7.10. The van der Waals surface area contributed by atoms with Crippen LogP contribution in [0, 0.1) is 0 Å². The molecule has 0 bridgehead atoms. The highest BCUT2D eigenvalue weighted by Crippen LogP contribution is 2.19. The predicted molar refractivity (Wildman–Crippen MR) is 69.6 cm³/mol. The summed E-state index contributed by atoms with van der Waals surface area (Å²) >= 11 is 1.71. The van der Waals surface area contributed by atoms with Gasteiger partial charge in [0.2, 0.25) is 5.76 Å². The van der Waals surface area contributed by atoms with Crippen molar-refractivity contribution in [2.75, 3.05) is 7.11 Å². The topological polar surface area (TPSA) is 51.5 Å². The van der Waals surface area contributed by atoms with Crippen molar-refractivity contribution in [1.82, 2.24) is 5.32 Å². The average Bonchev–Trinajstić information content (AvgIpc) is 3.05. The van der Waals surface area contributed by atoms with Crippen molar-refractivity contribution in [2.24, 2.45) is 0 Å². The molecule has 0 amide bonds. The summed E-state index contributed by atoms with van der Waals surface area (Å²) in [6.07, 6.45) is 0. The highest BCUT2D eigenvalue weighted by atomic mass is 32.1. The number of nitrogens with one attached hydrogen (secondary N) is 1. The van der Waals surface area contributed by atoms with E-state index in [1.54, 1.807) is 23.5 Å². The number of ether oxygens (including phenoxy) is 1. The Labute approximate surface area is 110 Å². The maximum absolute atomic E-state index is 11.2. The Balaban J connectivity index is 1.90. The van der Waals surface area contributed by atoms with Crippen LogP contribution in [0.4, 0.5) is 0 Å². The molecule has 2 heterocycles. The van der Waals surface area contributed by atoms with Gasteiger partial charge in [0, 0.05) is 10.9 Å². The number of esters is 1. The molecule has 0 aliphatic carbocycles. The molecule has 2 rings (SSSR count). The summed E-state index contributed by atoms with van der Waals surface area (Å²) in [5, 5.41) is 5.39. The molecule has 0 radical (unpaired) electrons. The fourth-order valence-electron chi connectivity index (χ4n) is 1.58. The Morgan fingerprint density at radius 2 is 2.33 bits per heavy atom. The standard InChI is InChI=1S/C13H15NO3S/c1-9(12-4-3-7-18-12)14-8-10-5-6-11(17-10)13(15)16-2/h3-7,9,14H,8H2,1-2H3/t9-/m1/s1. The molecule has 2 aromatic heterocycles. The minimum atomic E-state index is -0.451. The van der Waals surface area contributed by atoms with Crippen molar-refractivity contribution >= 4 is 17.3 Å². The second-order valence-electron chi connectivity index (χ2n) is 3.88. The van der Waals surface area contributed by atoms with Crippen LogP contribution in [0.5, 0.6) is 0 Å². The summed E-state index contributed by atoms with van der Waals surface area (Å²) < 4.78 is 9.95. The van der Waals surface area contributed by atoms with Gasteiger partial charge in [-0.25, -0.2) is 4.79 Å². The van der Waals surface area contributed by atoms with Crippen LogP contribution in [0.15, 0.2) is 34.1 Å². The molecule has 0 aromatic carbocycles. The van der Waals surface area contributed by atoms with Gasteiger partial charge in [-0.05, 0) is 30.5 Å². The van der Waals surface area contributed by atoms with Gasteiger partial charge in [0.25, 0.3) is 0 Å². The van der Waals surface area contributed by atoms with Crippen molar-refractivity contribution in [3.05, 3.63) is 46.0 Å². The van der Waals surface area contributed by atoms with E-state index in [1.807, 2.05) is 6.07 Å². The number of rotatable bonds is 5. The monoisotopic (exact) mass is 265 g/mol. The summed E-state index contributed by atoms with van der Waals surface area (Å²) in [5.74, 6) is 0.504. The quantitative estimate of drug-likeness (QED) is 0.844. The molecule has 18 heavy (non-hydrogen) atoms. The Hall–Kier alpha value is -1.59. The van der Waals surface area contributed by atoms with Crippen molar-refractivity contribution < 1.29 is 13.9 Å². The largest absolute Gasteiger partial charge is 0.463 e. The average molecular weight is 265 g/mol. The Kier molecular flexibility index (Phi) is 4.17. The number of carbonyl (C=O) groups is 1. The van der Waals surface area contributed by atoms with Gasteiger partial charge in [-0.3, -0.25) is 0 Å². The van der Waals surface area contributed by atoms with Crippen LogP contribution < -0.4 is 5.32 Å². The molecular formula is C13H15NO3S. The molecule has 1 N–H and O–H groups in total. The van der Waals surface area contributed by atoms with Crippen LogP contribution in [0.25, 0.3) is 0 Å². The predicted octanol–water partition coefficient (Wildman–Crippen LogP) is 2.98. The van der Waals surface area contributed by atoms with Crippen molar-refractivity contribution in [1.29, 1.82) is 0 Å². The van der Waals surface area contributed by atoms with Crippen LogP contribution >= 0.6 is 11.3 Å². The third kappa shape index (κ3) is 3.00. The zero-order chi connectivity index (χ0) is 13.0. The van der Waals surface area contributed by atoms with E-state index >= 15 is 0 Å². The number of thiophene rings is 1. The number of hydrogen-bond donors (Lipinski definition) is 1. The second kappa shape index (κ2) is 5.84. The van der Waals surface area contributed by atoms with E-state index < -0.39 is 5.97 Å². The Morgan fingerprint density at radius 1 is 1.50 bits per heavy atom. The smallest absolute Gasteiger partial charge is 0.373 e. The molecule has 2 aromatic rings. The first-order valence-corrected chi connectivity index (χ1v) is 6.52. The van der Waals surface area contributed by atoms with Crippen LogP contribution in [-0.2, 0) is 11.3 Å². The molecule has 0 fully saturated rings. The van der Waals surface area contributed by atoms with Crippen LogP contribution in [0.3, 0.4) is 0 Å². The zero-order valence-electron chi connectivity index (χ0n) is 10.3. The van der Waals surface area contributed by atoms with Crippen LogP contribution in [0.2, 0.25) is 0 Å². The Morgan fingerprint density at radius 3 is 3.00 bits per heavy atom. The lowest BCUT2D eigenvalue weighted by Crippen LogP contribution is -2.16. The second-order valence-corrected chi connectivity index (χ2v) is 4.85. The van der Waals surface area contributed by atoms with Gasteiger partial charge < -0.3 is 14.5 Å². The van der Waals surface area contributed by atoms with E-state index in [9.17, 15) is 4.79 Å². The Bertz CT molecular complexity index is 504. The van der Waals surface area contributed by atoms with E-state index in [2.05, 4.69) is 28.4 Å². The van der Waals surface area contributed by atoms with Crippen molar-refractivity contribution in [3.63, 3.8) is 0 Å². The maximum Gasteiger partial charge on any atom is 0.373 e. The van der Waals surface area contributed by atoms with Gasteiger partial charge in [0.05, 0.1) is 13.7 Å². The molecule has 0 unspecified atom stereocenters. The minimum absolute atomic E-state index is 0.234. The molecule has 0 aliphatic heterocycles. The van der Waals surface area contributed by atoms with E-state index in [4.69, 9.17) is 4.42 Å². The summed E-state index contributed by atoms with van der Waals surface area (Å²) in [6, 6.07) is 7.78. The molecule has 0 saturated carbocycles. The summed E-state index contributed by atoms with van der Waals surface area (Å²) in [7, 11) is 1.33. The molecule has 1 atom stereocenters. The first kappa shape index (κ1) is 12.9. The van der Waals surface area contributed by atoms with Gasteiger partial charge in [-0.1, -0.05) is 6.07 Å². The van der Waals surface area contributed by atoms with Gasteiger partial charge in [-0.2, -0.15) is 0 Å². The molecule has 5 heteroatoms. The van der Waals surface area contributed by atoms with Gasteiger partial charge >= 0.3 is 5.97 Å². The molecule has 0 spiro atoms. The molecular weight excluding hydrogens is 250 g/mol.